The van der Waals surface area contributed by atoms with Crippen LogP contribution in [0.15, 0.2) is 34.7 Å². The summed E-state index contributed by atoms with van der Waals surface area (Å²) in [4.78, 5) is 2.34. The number of hydrogen-bond acceptors (Lipinski definition) is 5. The molecule has 1 atom stereocenters. The lowest BCUT2D eigenvalue weighted by atomic mass is 10.2. The van der Waals surface area contributed by atoms with Gasteiger partial charge in [0.15, 0.2) is 0 Å². The first-order valence-electron chi connectivity index (χ1n) is 7.49. The molecule has 1 unspecified atom stereocenters. The minimum atomic E-state index is 0.573. The van der Waals surface area contributed by atoms with E-state index in [1.807, 2.05) is 30.3 Å². The number of nitrogens with zero attached hydrogens (tertiary/aromatic N) is 3. The van der Waals surface area contributed by atoms with E-state index in [0.717, 1.165) is 18.7 Å². The summed E-state index contributed by atoms with van der Waals surface area (Å²) in [6.07, 6.45) is 1.17. The Morgan fingerprint density at radius 1 is 1.24 bits per heavy atom. The molecule has 21 heavy (non-hydrogen) atoms. The molecule has 0 saturated heterocycles. The molecular weight excluding hydrogens is 264 g/mol. The van der Waals surface area contributed by atoms with Gasteiger partial charge in [0.2, 0.25) is 11.8 Å². The molecule has 0 aliphatic carbocycles. The SMILES string of the molecule is CCC(C)N(C)CCNCc1nnc(-c2ccccc2)o1. The third kappa shape index (κ3) is 4.65. The molecule has 5 nitrogen and oxygen atoms in total. The van der Waals surface area contributed by atoms with Gasteiger partial charge < -0.3 is 14.6 Å². The van der Waals surface area contributed by atoms with Gasteiger partial charge in [-0.1, -0.05) is 25.1 Å². The average Bonchev–Trinajstić information content (AvgIpc) is 3.00. The zero-order valence-electron chi connectivity index (χ0n) is 13.0. The van der Waals surface area contributed by atoms with E-state index < -0.39 is 0 Å². The van der Waals surface area contributed by atoms with E-state index >= 15 is 0 Å². The molecule has 1 aromatic carbocycles. The first kappa shape index (κ1) is 15.7. The fourth-order valence-corrected chi connectivity index (χ4v) is 2.01. The molecular formula is C16H24N4O. The highest BCUT2D eigenvalue weighted by molar-refractivity contribution is 5.51. The molecule has 0 radical (unpaired) electrons. The van der Waals surface area contributed by atoms with Gasteiger partial charge >= 0.3 is 0 Å². The molecule has 1 N–H and O–H groups in total. The van der Waals surface area contributed by atoms with Crippen LogP contribution in [0.2, 0.25) is 0 Å². The summed E-state index contributed by atoms with van der Waals surface area (Å²) >= 11 is 0. The second-order valence-corrected chi connectivity index (χ2v) is 5.28. The quantitative estimate of drug-likeness (QED) is 0.757. The van der Waals surface area contributed by atoms with E-state index in [0.29, 0.717) is 24.4 Å². The van der Waals surface area contributed by atoms with Crippen LogP contribution in [0.1, 0.15) is 26.2 Å². The van der Waals surface area contributed by atoms with Gasteiger partial charge in [0, 0.05) is 24.7 Å². The van der Waals surface area contributed by atoms with Crippen molar-refractivity contribution in [2.75, 3.05) is 20.1 Å². The summed E-state index contributed by atoms with van der Waals surface area (Å²) in [7, 11) is 2.15. The molecule has 1 heterocycles. The number of hydrogen-bond donors (Lipinski definition) is 1. The average molecular weight is 288 g/mol. The van der Waals surface area contributed by atoms with Crippen molar-refractivity contribution in [1.82, 2.24) is 20.4 Å². The van der Waals surface area contributed by atoms with Crippen LogP contribution in [0, 0.1) is 0 Å². The second-order valence-electron chi connectivity index (χ2n) is 5.28. The number of rotatable bonds is 8. The van der Waals surface area contributed by atoms with Gasteiger partial charge in [0.1, 0.15) is 0 Å². The summed E-state index contributed by atoms with van der Waals surface area (Å²) in [5.41, 5.74) is 0.952. The van der Waals surface area contributed by atoms with Crippen molar-refractivity contribution < 1.29 is 4.42 Å². The standard InChI is InChI=1S/C16H24N4O/c1-4-13(2)20(3)11-10-17-12-15-18-19-16(21-15)14-8-6-5-7-9-14/h5-9,13,17H,4,10-12H2,1-3H3. The van der Waals surface area contributed by atoms with Gasteiger partial charge in [0.25, 0.3) is 0 Å². The van der Waals surface area contributed by atoms with Crippen molar-refractivity contribution in [2.24, 2.45) is 0 Å². The highest BCUT2D eigenvalue weighted by Gasteiger charge is 2.08. The number of benzene rings is 1. The lowest BCUT2D eigenvalue weighted by molar-refractivity contribution is 0.250. The molecule has 0 bridgehead atoms. The molecule has 0 aliphatic heterocycles. The molecule has 0 aliphatic rings. The van der Waals surface area contributed by atoms with Crippen LogP contribution < -0.4 is 5.32 Å². The topological polar surface area (TPSA) is 54.2 Å². The van der Waals surface area contributed by atoms with Gasteiger partial charge in [-0.15, -0.1) is 10.2 Å². The Kier molecular flexibility index (Phi) is 5.90. The Hall–Kier alpha value is -1.72. The maximum absolute atomic E-state index is 5.65. The molecule has 2 aromatic rings. The molecule has 0 fully saturated rings. The Labute approximate surface area is 126 Å². The summed E-state index contributed by atoms with van der Waals surface area (Å²) < 4.78 is 5.65. The van der Waals surface area contributed by atoms with Crippen LogP contribution >= 0.6 is 0 Å². The predicted octanol–water partition coefficient (Wildman–Crippen LogP) is 2.56. The Balaban J connectivity index is 1.76. The minimum absolute atomic E-state index is 0.573. The van der Waals surface area contributed by atoms with Crippen molar-refractivity contribution in [3.8, 4) is 11.5 Å². The third-order valence-electron chi connectivity index (χ3n) is 3.75. The van der Waals surface area contributed by atoms with Crippen molar-refractivity contribution in [2.45, 2.75) is 32.9 Å². The largest absolute Gasteiger partial charge is 0.419 e. The fourth-order valence-electron chi connectivity index (χ4n) is 2.01. The van der Waals surface area contributed by atoms with Gasteiger partial charge in [-0.25, -0.2) is 0 Å². The van der Waals surface area contributed by atoms with Crippen LogP contribution in [0.4, 0.5) is 0 Å². The van der Waals surface area contributed by atoms with Gasteiger partial charge in [-0.2, -0.15) is 0 Å². The van der Waals surface area contributed by atoms with Gasteiger partial charge in [0.05, 0.1) is 6.54 Å². The van der Waals surface area contributed by atoms with Gasteiger partial charge in [-0.3, -0.25) is 0 Å². The monoisotopic (exact) mass is 288 g/mol. The zero-order valence-corrected chi connectivity index (χ0v) is 13.0. The maximum Gasteiger partial charge on any atom is 0.247 e. The van der Waals surface area contributed by atoms with Crippen LogP contribution in [-0.2, 0) is 6.54 Å². The van der Waals surface area contributed by atoms with Crippen molar-refractivity contribution in [3.05, 3.63) is 36.2 Å². The summed E-state index contributed by atoms with van der Waals surface area (Å²) in [5.74, 6) is 1.20. The zero-order chi connectivity index (χ0) is 15.1. The van der Waals surface area contributed by atoms with Crippen LogP contribution in [-0.4, -0.2) is 41.3 Å². The smallest absolute Gasteiger partial charge is 0.247 e. The normalized spacial score (nSPS) is 12.8. The lowest BCUT2D eigenvalue weighted by Crippen LogP contribution is -2.34. The molecule has 0 amide bonds. The fraction of sp³-hybridized carbons (Fsp3) is 0.500. The molecule has 2 rings (SSSR count). The number of likely N-dealkylation sites (N-methyl/N-ethyl adjacent to an activating group) is 1. The number of aromatic nitrogens is 2. The van der Waals surface area contributed by atoms with E-state index in [2.05, 4.69) is 41.3 Å². The maximum atomic E-state index is 5.65. The minimum Gasteiger partial charge on any atom is -0.419 e. The van der Waals surface area contributed by atoms with Crippen molar-refractivity contribution >= 4 is 0 Å². The highest BCUT2D eigenvalue weighted by Crippen LogP contribution is 2.16. The summed E-state index contributed by atoms with van der Waals surface area (Å²) in [5, 5.41) is 11.5. The van der Waals surface area contributed by atoms with Crippen molar-refractivity contribution in [1.29, 1.82) is 0 Å². The van der Waals surface area contributed by atoms with E-state index in [4.69, 9.17) is 4.42 Å². The lowest BCUT2D eigenvalue weighted by Gasteiger charge is -2.23. The Bertz CT molecular complexity index is 526. The summed E-state index contributed by atoms with van der Waals surface area (Å²) in [6, 6.07) is 10.4. The molecule has 114 valence electrons. The van der Waals surface area contributed by atoms with Crippen LogP contribution in [0.5, 0.6) is 0 Å². The number of nitrogens with one attached hydrogen (secondary N) is 1. The van der Waals surface area contributed by atoms with Gasteiger partial charge in [-0.05, 0) is 32.5 Å². The predicted molar refractivity (Wildman–Crippen MR) is 83.8 cm³/mol. The van der Waals surface area contributed by atoms with E-state index in [9.17, 15) is 0 Å². The van der Waals surface area contributed by atoms with E-state index in [1.54, 1.807) is 0 Å². The second kappa shape index (κ2) is 7.90. The van der Waals surface area contributed by atoms with Crippen molar-refractivity contribution in [3.63, 3.8) is 0 Å². The Morgan fingerprint density at radius 2 is 2.00 bits per heavy atom. The van der Waals surface area contributed by atoms with E-state index in [1.165, 1.54) is 6.42 Å². The molecule has 0 saturated carbocycles. The molecule has 1 aromatic heterocycles. The molecule has 5 heteroatoms. The first-order valence-corrected chi connectivity index (χ1v) is 7.49. The Morgan fingerprint density at radius 3 is 2.71 bits per heavy atom. The van der Waals surface area contributed by atoms with E-state index in [-0.39, 0.29) is 0 Å². The molecule has 0 spiro atoms. The first-order chi connectivity index (χ1) is 10.2. The summed E-state index contributed by atoms with van der Waals surface area (Å²) in [6.45, 7) is 6.97. The van der Waals surface area contributed by atoms with Crippen LogP contribution in [0.3, 0.4) is 0 Å². The highest BCUT2D eigenvalue weighted by atomic mass is 16.4. The third-order valence-corrected chi connectivity index (χ3v) is 3.75. The van der Waals surface area contributed by atoms with Crippen LogP contribution in [0.25, 0.3) is 11.5 Å².